The number of nitrogens with zero attached hydrogens (tertiary/aromatic N) is 2. The summed E-state index contributed by atoms with van der Waals surface area (Å²) in [7, 11) is -0.540. The van der Waals surface area contributed by atoms with E-state index in [4.69, 9.17) is 4.74 Å². The van der Waals surface area contributed by atoms with Gasteiger partial charge < -0.3 is 9.64 Å². The van der Waals surface area contributed by atoms with Crippen molar-refractivity contribution in [3.05, 3.63) is 0 Å². The quantitative estimate of drug-likeness (QED) is 0.846. The Morgan fingerprint density at radius 1 is 1.29 bits per heavy atom. The number of likely N-dealkylation sites (tertiary alicyclic amines) is 1. The fraction of sp³-hybridized carbons (Fsp3) is 0.923. The van der Waals surface area contributed by atoms with E-state index in [0.29, 0.717) is 19.5 Å². The average Bonchev–Trinajstić information content (AvgIpc) is 2.51. The van der Waals surface area contributed by atoms with Crippen LogP contribution in [0.4, 0.5) is 4.79 Å². The maximum Gasteiger partial charge on any atom is 0.410 e. The number of rotatable bonds is 3. The van der Waals surface area contributed by atoms with Crippen LogP contribution >= 0.6 is 0 Å². The number of ether oxygens (including phenoxy) is 1. The third-order valence-corrected chi connectivity index (χ3v) is 4.71. The van der Waals surface area contributed by atoms with Gasteiger partial charge in [0, 0.05) is 33.2 Å². The lowest BCUT2D eigenvalue weighted by molar-refractivity contribution is 0.0247. The predicted molar refractivity (Wildman–Crippen MR) is 81.2 cm³/mol. The second kappa shape index (κ2) is 6.93. The van der Waals surface area contributed by atoms with Gasteiger partial charge in [-0.05, 0) is 33.6 Å². The first-order chi connectivity index (χ1) is 9.51. The third kappa shape index (κ3) is 6.19. The summed E-state index contributed by atoms with van der Waals surface area (Å²) in [4.78, 5) is 13.7. The van der Waals surface area contributed by atoms with Crippen molar-refractivity contribution in [3.63, 3.8) is 0 Å². The molecule has 0 saturated carbocycles. The molecule has 7 nitrogen and oxygen atoms in total. The first kappa shape index (κ1) is 18.2. The molecule has 1 rings (SSSR count). The van der Waals surface area contributed by atoms with Crippen molar-refractivity contribution in [1.82, 2.24) is 13.9 Å². The molecular weight excluding hydrogens is 294 g/mol. The lowest BCUT2D eigenvalue weighted by Gasteiger charge is -2.29. The SMILES string of the molecule is CN(C)S(=O)(=O)N[C@H]1CCCCN(C(=O)OC(C)(C)C)C1. The highest BCUT2D eigenvalue weighted by atomic mass is 32.2. The molecule has 0 aromatic heterocycles. The summed E-state index contributed by atoms with van der Waals surface area (Å²) in [5.41, 5.74) is -0.554. The zero-order chi connectivity index (χ0) is 16.3. The van der Waals surface area contributed by atoms with Crippen molar-refractivity contribution in [1.29, 1.82) is 0 Å². The zero-order valence-corrected chi connectivity index (χ0v) is 14.4. The minimum absolute atomic E-state index is 0.285. The van der Waals surface area contributed by atoms with Gasteiger partial charge in [-0.25, -0.2) is 4.79 Å². The van der Waals surface area contributed by atoms with E-state index >= 15 is 0 Å². The molecule has 124 valence electrons. The number of carbonyl (C=O) groups excluding carboxylic acids is 1. The van der Waals surface area contributed by atoms with Gasteiger partial charge >= 0.3 is 6.09 Å². The molecule has 21 heavy (non-hydrogen) atoms. The van der Waals surface area contributed by atoms with Crippen LogP contribution < -0.4 is 4.72 Å². The highest BCUT2D eigenvalue weighted by Gasteiger charge is 2.28. The van der Waals surface area contributed by atoms with E-state index in [2.05, 4.69) is 4.72 Å². The van der Waals surface area contributed by atoms with Crippen LogP contribution in [0, 0.1) is 0 Å². The Kier molecular flexibility index (Phi) is 6.01. The van der Waals surface area contributed by atoms with Gasteiger partial charge in [-0.15, -0.1) is 0 Å². The molecular formula is C13H27N3O4S. The lowest BCUT2D eigenvalue weighted by atomic mass is 10.2. The molecule has 0 radical (unpaired) electrons. The number of amides is 1. The predicted octanol–water partition coefficient (Wildman–Crippen LogP) is 1.17. The summed E-state index contributed by atoms with van der Waals surface area (Å²) < 4.78 is 32.9. The Morgan fingerprint density at radius 2 is 1.90 bits per heavy atom. The molecule has 1 N–H and O–H groups in total. The highest BCUT2D eigenvalue weighted by molar-refractivity contribution is 7.87. The molecule has 0 spiro atoms. The summed E-state index contributed by atoms with van der Waals surface area (Å²) in [5.74, 6) is 0. The van der Waals surface area contributed by atoms with E-state index in [1.807, 2.05) is 20.8 Å². The number of hydrogen-bond donors (Lipinski definition) is 1. The Morgan fingerprint density at radius 3 is 2.43 bits per heavy atom. The molecule has 0 aromatic rings. The molecule has 1 saturated heterocycles. The summed E-state index contributed by atoms with van der Waals surface area (Å²) >= 11 is 0. The monoisotopic (exact) mass is 321 g/mol. The first-order valence-electron chi connectivity index (χ1n) is 7.19. The van der Waals surface area contributed by atoms with Crippen LogP contribution in [0.15, 0.2) is 0 Å². The average molecular weight is 321 g/mol. The molecule has 1 amide bonds. The molecule has 0 bridgehead atoms. The van der Waals surface area contributed by atoms with E-state index in [-0.39, 0.29) is 6.04 Å². The smallest absolute Gasteiger partial charge is 0.410 e. The van der Waals surface area contributed by atoms with Crippen molar-refractivity contribution in [2.45, 2.75) is 51.7 Å². The third-order valence-electron chi connectivity index (χ3n) is 3.12. The standard InChI is InChI=1S/C13H27N3O4S/c1-13(2,3)20-12(17)16-9-7-6-8-11(10-16)14-21(18,19)15(4)5/h11,14H,6-10H2,1-5H3/t11-/m0/s1. The van der Waals surface area contributed by atoms with Gasteiger partial charge in [-0.2, -0.15) is 17.4 Å². The topological polar surface area (TPSA) is 79.0 Å². The Balaban J connectivity index is 2.71. The van der Waals surface area contributed by atoms with Crippen LogP contribution in [0.1, 0.15) is 40.0 Å². The Labute approximate surface area is 127 Å². The van der Waals surface area contributed by atoms with Gasteiger partial charge in [0.1, 0.15) is 5.60 Å². The minimum Gasteiger partial charge on any atom is -0.444 e. The maximum atomic E-state index is 12.1. The maximum absolute atomic E-state index is 12.1. The molecule has 1 aliphatic heterocycles. The van der Waals surface area contributed by atoms with Crippen LogP contribution in [0.25, 0.3) is 0 Å². The van der Waals surface area contributed by atoms with E-state index in [0.717, 1.165) is 17.1 Å². The molecule has 0 aromatic carbocycles. The van der Waals surface area contributed by atoms with E-state index in [1.54, 1.807) is 4.90 Å². The molecule has 8 heteroatoms. The second-order valence-electron chi connectivity index (χ2n) is 6.52. The van der Waals surface area contributed by atoms with Gasteiger partial charge in [-0.3, -0.25) is 0 Å². The molecule has 1 aliphatic rings. The summed E-state index contributed by atoms with van der Waals surface area (Å²) in [5, 5.41) is 0. The van der Waals surface area contributed by atoms with Gasteiger partial charge in [0.05, 0.1) is 0 Å². The summed E-state index contributed by atoms with van der Waals surface area (Å²) in [6, 6.07) is -0.285. The van der Waals surface area contributed by atoms with E-state index in [9.17, 15) is 13.2 Å². The summed E-state index contributed by atoms with van der Waals surface area (Å²) in [6.07, 6.45) is 2.05. The summed E-state index contributed by atoms with van der Waals surface area (Å²) in [6.45, 7) is 6.37. The second-order valence-corrected chi connectivity index (χ2v) is 8.44. The van der Waals surface area contributed by atoms with Crippen LogP contribution in [-0.2, 0) is 14.9 Å². The van der Waals surface area contributed by atoms with Gasteiger partial charge in [-0.1, -0.05) is 6.42 Å². The molecule has 0 unspecified atom stereocenters. The molecule has 1 atom stereocenters. The first-order valence-corrected chi connectivity index (χ1v) is 8.63. The van der Waals surface area contributed by atoms with Crippen molar-refractivity contribution in [3.8, 4) is 0 Å². The largest absolute Gasteiger partial charge is 0.444 e. The van der Waals surface area contributed by atoms with Gasteiger partial charge in [0.15, 0.2) is 0 Å². The van der Waals surface area contributed by atoms with Crippen molar-refractivity contribution >= 4 is 16.3 Å². The minimum atomic E-state index is -3.49. The van der Waals surface area contributed by atoms with Crippen LogP contribution in [0.3, 0.4) is 0 Å². The fourth-order valence-corrected chi connectivity index (χ4v) is 2.87. The van der Waals surface area contributed by atoms with Gasteiger partial charge in [0.2, 0.25) is 0 Å². The van der Waals surface area contributed by atoms with Crippen LogP contribution in [0.2, 0.25) is 0 Å². The van der Waals surface area contributed by atoms with Crippen LogP contribution in [-0.4, -0.2) is 62.5 Å². The Hall–Kier alpha value is -0.860. The van der Waals surface area contributed by atoms with Crippen molar-refractivity contribution < 1.29 is 17.9 Å². The molecule has 0 aliphatic carbocycles. The normalized spacial score (nSPS) is 21.2. The molecule has 1 heterocycles. The van der Waals surface area contributed by atoms with E-state index in [1.165, 1.54) is 14.1 Å². The van der Waals surface area contributed by atoms with Crippen molar-refractivity contribution in [2.24, 2.45) is 0 Å². The fourth-order valence-electron chi connectivity index (χ4n) is 2.05. The number of hydrogen-bond acceptors (Lipinski definition) is 4. The highest BCUT2D eigenvalue weighted by Crippen LogP contribution is 2.16. The van der Waals surface area contributed by atoms with E-state index < -0.39 is 21.9 Å². The van der Waals surface area contributed by atoms with Crippen molar-refractivity contribution in [2.75, 3.05) is 27.2 Å². The number of carbonyl (C=O) groups is 1. The number of nitrogens with one attached hydrogen (secondary N) is 1. The van der Waals surface area contributed by atoms with Gasteiger partial charge in [0.25, 0.3) is 10.2 Å². The zero-order valence-electron chi connectivity index (χ0n) is 13.5. The van der Waals surface area contributed by atoms with Crippen LogP contribution in [0.5, 0.6) is 0 Å². The molecule has 1 fully saturated rings. The Bertz CT molecular complexity index is 457. The lowest BCUT2D eigenvalue weighted by Crippen LogP contribution is -2.48.